The van der Waals surface area contributed by atoms with Crippen LogP contribution in [0.2, 0.25) is 0 Å². The standard InChI is InChI=1S/C62H38N4O2/c1-37-26-27-48-49(28-37)46-24-10-11-25-47(46)50-33-52-53-35-59-55(36-57(53)67-56(52)34-51(48)50)66(54-31-42-18-8-9-19-43(42)32-58(54)68-59)62-64-60(44-22-12-20-40(29-44)38-14-4-2-5-15-38)63-61(65-62)45-23-13-21-41(30-45)39-16-6-3-7-17-39/h2-36H,1H3. The first kappa shape index (κ1) is 38.2. The van der Waals surface area contributed by atoms with Crippen LogP contribution in [0.1, 0.15) is 5.56 Å². The van der Waals surface area contributed by atoms with Gasteiger partial charge in [0.05, 0.1) is 11.4 Å². The van der Waals surface area contributed by atoms with Gasteiger partial charge in [0.2, 0.25) is 5.95 Å². The van der Waals surface area contributed by atoms with Gasteiger partial charge in [-0.1, -0.05) is 169 Å². The smallest absolute Gasteiger partial charge is 0.239 e. The lowest BCUT2D eigenvalue weighted by atomic mass is 9.92. The number of aryl methyl sites for hydroxylation is 1. The van der Waals surface area contributed by atoms with Gasteiger partial charge in [-0.25, -0.2) is 4.98 Å². The van der Waals surface area contributed by atoms with Gasteiger partial charge >= 0.3 is 0 Å². The normalized spacial score (nSPS) is 12.3. The summed E-state index contributed by atoms with van der Waals surface area (Å²) in [6.45, 7) is 2.15. The Morgan fingerprint density at radius 1 is 0.338 bits per heavy atom. The monoisotopic (exact) mass is 870 g/mol. The Kier molecular flexibility index (Phi) is 8.39. The van der Waals surface area contributed by atoms with Gasteiger partial charge in [0.1, 0.15) is 11.2 Å². The molecule has 14 rings (SSSR count). The molecule has 0 saturated carbocycles. The number of nitrogens with zero attached hydrogens (tertiary/aromatic N) is 4. The zero-order valence-electron chi connectivity index (χ0n) is 36.8. The first-order chi connectivity index (χ1) is 33.6. The van der Waals surface area contributed by atoms with Crippen molar-refractivity contribution in [2.24, 2.45) is 0 Å². The molecule has 0 atom stereocenters. The molecule has 6 heteroatoms. The second-order valence-electron chi connectivity index (χ2n) is 17.7. The van der Waals surface area contributed by atoms with E-state index in [1.165, 1.54) is 32.5 Å². The second kappa shape index (κ2) is 15.0. The van der Waals surface area contributed by atoms with E-state index in [2.05, 4.69) is 212 Å². The van der Waals surface area contributed by atoms with E-state index in [0.29, 0.717) is 29.1 Å². The Bertz CT molecular complexity index is 4100. The third-order valence-electron chi connectivity index (χ3n) is 13.5. The van der Waals surface area contributed by atoms with Crippen LogP contribution in [0.25, 0.3) is 110 Å². The summed E-state index contributed by atoms with van der Waals surface area (Å²) in [7, 11) is 0. The zero-order valence-corrected chi connectivity index (χ0v) is 36.8. The van der Waals surface area contributed by atoms with E-state index in [1.54, 1.807) is 0 Å². The fourth-order valence-electron chi connectivity index (χ4n) is 10.2. The molecule has 318 valence electrons. The van der Waals surface area contributed by atoms with Crippen LogP contribution in [0.15, 0.2) is 217 Å². The summed E-state index contributed by atoms with van der Waals surface area (Å²) in [4.78, 5) is 18.1. The molecule has 0 radical (unpaired) electrons. The molecule has 0 amide bonds. The van der Waals surface area contributed by atoms with Gasteiger partial charge in [0.25, 0.3) is 0 Å². The Balaban J connectivity index is 1.02. The minimum atomic E-state index is 0.454. The van der Waals surface area contributed by atoms with E-state index in [4.69, 9.17) is 24.1 Å². The number of aromatic nitrogens is 3. The SMILES string of the molecule is Cc1ccc2c(c1)c1ccccc1c1cc3c(cc21)oc1cc2c(cc13)Oc1cc3ccccc3cc1N2c1nc(-c2cccc(-c3ccccc3)c2)nc(-c2cccc(-c3ccccc3)c2)n1. The van der Waals surface area contributed by atoms with Crippen LogP contribution in [0.3, 0.4) is 0 Å². The molecule has 1 aliphatic rings. The second-order valence-corrected chi connectivity index (χ2v) is 17.7. The minimum Gasteiger partial charge on any atom is -0.456 e. The van der Waals surface area contributed by atoms with Gasteiger partial charge in [-0.3, -0.25) is 4.90 Å². The van der Waals surface area contributed by atoms with E-state index < -0.39 is 0 Å². The molecule has 11 aromatic carbocycles. The number of anilines is 3. The van der Waals surface area contributed by atoms with Crippen LogP contribution in [0, 0.1) is 6.92 Å². The van der Waals surface area contributed by atoms with Crippen LogP contribution in [0.5, 0.6) is 11.5 Å². The van der Waals surface area contributed by atoms with Crippen molar-refractivity contribution in [1.82, 2.24) is 15.0 Å². The Labute approximate surface area is 391 Å². The Morgan fingerprint density at radius 3 is 1.51 bits per heavy atom. The fraction of sp³-hybridized carbons (Fsp3) is 0.0161. The lowest BCUT2D eigenvalue weighted by Crippen LogP contribution is -2.19. The van der Waals surface area contributed by atoms with E-state index >= 15 is 0 Å². The van der Waals surface area contributed by atoms with Gasteiger partial charge in [0.15, 0.2) is 23.1 Å². The van der Waals surface area contributed by atoms with E-state index in [1.807, 2.05) is 12.1 Å². The molecule has 0 unspecified atom stereocenters. The molecule has 3 heterocycles. The predicted octanol–water partition coefficient (Wildman–Crippen LogP) is 16.9. The average Bonchev–Trinajstić information content (AvgIpc) is 3.75. The topological polar surface area (TPSA) is 64.3 Å². The van der Waals surface area contributed by atoms with Crippen molar-refractivity contribution in [1.29, 1.82) is 0 Å². The van der Waals surface area contributed by atoms with Crippen LogP contribution in [0.4, 0.5) is 17.3 Å². The Morgan fingerprint density at radius 2 is 0.838 bits per heavy atom. The molecule has 1 aliphatic heterocycles. The molecule has 0 saturated heterocycles. The number of fused-ring (bicyclic) bond motifs is 12. The van der Waals surface area contributed by atoms with E-state index in [9.17, 15) is 0 Å². The molecule has 6 nitrogen and oxygen atoms in total. The molecule has 0 fully saturated rings. The largest absolute Gasteiger partial charge is 0.456 e. The third kappa shape index (κ3) is 6.15. The lowest BCUT2D eigenvalue weighted by Gasteiger charge is -2.32. The highest BCUT2D eigenvalue weighted by Gasteiger charge is 2.31. The summed E-state index contributed by atoms with van der Waals surface area (Å²) in [6, 6.07) is 74.4. The van der Waals surface area contributed by atoms with Crippen molar-refractivity contribution in [3.05, 3.63) is 218 Å². The van der Waals surface area contributed by atoms with Crippen molar-refractivity contribution in [3.63, 3.8) is 0 Å². The van der Waals surface area contributed by atoms with Gasteiger partial charge in [-0.15, -0.1) is 0 Å². The van der Waals surface area contributed by atoms with Crippen molar-refractivity contribution in [2.45, 2.75) is 6.92 Å². The number of ether oxygens (including phenoxy) is 1. The highest BCUT2D eigenvalue weighted by Crippen LogP contribution is 2.53. The van der Waals surface area contributed by atoms with Gasteiger partial charge in [0, 0.05) is 28.0 Å². The molecule has 0 aliphatic carbocycles. The fourth-order valence-corrected chi connectivity index (χ4v) is 10.2. The average molecular weight is 871 g/mol. The minimum absolute atomic E-state index is 0.454. The maximum absolute atomic E-state index is 6.99. The molecule has 68 heavy (non-hydrogen) atoms. The van der Waals surface area contributed by atoms with Crippen LogP contribution < -0.4 is 9.64 Å². The first-order valence-electron chi connectivity index (χ1n) is 22.9. The van der Waals surface area contributed by atoms with E-state index in [0.717, 1.165) is 82.9 Å². The molecule has 0 N–H and O–H groups in total. The molecular formula is C62H38N4O2. The van der Waals surface area contributed by atoms with Crippen molar-refractivity contribution < 1.29 is 9.15 Å². The van der Waals surface area contributed by atoms with E-state index in [-0.39, 0.29) is 0 Å². The van der Waals surface area contributed by atoms with Crippen LogP contribution in [-0.2, 0) is 0 Å². The molecular weight excluding hydrogens is 833 g/mol. The summed E-state index contributed by atoms with van der Waals surface area (Å²) in [6.07, 6.45) is 0. The number of rotatable bonds is 5. The summed E-state index contributed by atoms with van der Waals surface area (Å²) in [5.41, 5.74) is 10.5. The summed E-state index contributed by atoms with van der Waals surface area (Å²) in [5, 5.41) is 11.3. The number of hydrogen-bond donors (Lipinski definition) is 0. The van der Waals surface area contributed by atoms with Crippen molar-refractivity contribution in [3.8, 4) is 56.5 Å². The molecule has 2 aromatic heterocycles. The molecule has 0 spiro atoms. The number of hydrogen-bond acceptors (Lipinski definition) is 6. The van der Waals surface area contributed by atoms with Gasteiger partial charge in [-0.2, -0.15) is 9.97 Å². The van der Waals surface area contributed by atoms with Crippen molar-refractivity contribution in [2.75, 3.05) is 4.90 Å². The maximum Gasteiger partial charge on any atom is 0.239 e. The third-order valence-corrected chi connectivity index (χ3v) is 13.5. The summed E-state index contributed by atoms with van der Waals surface area (Å²) >= 11 is 0. The van der Waals surface area contributed by atoms with Gasteiger partial charge in [-0.05, 0) is 115 Å². The zero-order chi connectivity index (χ0) is 44.9. The van der Waals surface area contributed by atoms with Crippen LogP contribution >= 0.6 is 0 Å². The summed E-state index contributed by atoms with van der Waals surface area (Å²) in [5.74, 6) is 2.92. The predicted molar refractivity (Wildman–Crippen MR) is 278 cm³/mol. The number of benzene rings is 11. The summed E-state index contributed by atoms with van der Waals surface area (Å²) < 4.78 is 13.9. The highest BCUT2D eigenvalue weighted by atomic mass is 16.5. The molecule has 0 bridgehead atoms. The van der Waals surface area contributed by atoms with Gasteiger partial charge < -0.3 is 9.15 Å². The first-order valence-corrected chi connectivity index (χ1v) is 22.9. The number of furan rings is 1. The lowest BCUT2D eigenvalue weighted by molar-refractivity contribution is 0.477. The van der Waals surface area contributed by atoms with Crippen molar-refractivity contribution >= 4 is 82.4 Å². The quantitative estimate of drug-likeness (QED) is 0.161. The highest BCUT2D eigenvalue weighted by molar-refractivity contribution is 6.28. The maximum atomic E-state index is 6.99. The Hall–Kier alpha value is -9.13. The van der Waals surface area contributed by atoms with Crippen LogP contribution in [-0.4, -0.2) is 15.0 Å². The molecule has 13 aromatic rings.